The second kappa shape index (κ2) is 6.47. The average molecular weight is 305 g/mol. The molecule has 1 heterocycles. The summed E-state index contributed by atoms with van der Waals surface area (Å²) in [5.74, 6) is -0.446. The molecule has 0 atom stereocenters. The van der Waals surface area contributed by atoms with Crippen molar-refractivity contribution in [3.05, 3.63) is 61.8 Å². The van der Waals surface area contributed by atoms with E-state index < -0.39 is 5.91 Å². The van der Waals surface area contributed by atoms with E-state index in [4.69, 9.17) is 5.73 Å². The molecule has 0 spiro atoms. The van der Waals surface area contributed by atoms with Crippen LogP contribution in [0.25, 0.3) is 0 Å². The summed E-state index contributed by atoms with van der Waals surface area (Å²) in [5.41, 5.74) is 6.49. The molecule has 1 aromatic carbocycles. The predicted octanol–water partition coefficient (Wildman–Crippen LogP) is 2.39. The Morgan fingerprint density at radius 3 is 2.71 bits per heavy atom. The molecular formula is C14H15N3O3S. The van der Waals surface area contributed by atoms with Gasteiger partial charge >= 0.3 is 0 Å². The van der Waals surface area contributed by atoms with Crippen LogP contribution in [0.15, 0.2) is 35.7 Å². The number of thiophene rings is 1. The van der Waals surface area contributed by atoms with Crippen LogP contribution in [0.1, 0.15) is 20.8 Å². The molecule has 21 heavy (non-hydrogen) atoms. The van der Waals surface area contributed by atoms with Gasteiger partial charge in [-0.25, -0.2) is 0 Å². The number of primary amides is 1. The quantitative estimate of drug-likeness (QED) is 0.655. The van der Waals surface area contributed by atoms with Crippen LogP contribution in [-0.2, 0) is 13.1 Å². The van der Waals surface area contributed by atoms with Crippen LogP contribution in [0, 0.1) is 10.1 Å². The Labute approximate surface area is 126 Å². The van der Waals surface area contributed by atoms with Crippen LogP contribution < -0.4 is 5.73 Å². The molecular weight excluding hydrogens is 290 g/mol. The van der Waals surface area contributed by atoms with Crippen LogP contribution in [0.4, 0.5) is 5.69 Å². The smallest absolute Gasteiger partial charge is 0.273 e. The van der Waals surface area contributed by atoms with Gasteiger partial charge in [0.05, 0.1) is 10.5 Å². The van der Waals surface area contributed by atoms with Gasteiger partial charge in [-0.05, 0) is 13.1 Å². The lowest BCUT2D eigenvalue weighted by Crippen LogP contribution is -2.17. The Balaban J connectivity index is 2.06. The van der Waals surface area contributed by atoms with Crippen LogP contribution in [-0.4, -0.2) is 22.8 Å². The summed E-state index contributed by atoms with van der Waals surface area (Å²) in [7, 11) is 1.88. The molecule has 0 radical (unpaired) electrons. The normalized spacial score (nSPS) is 10.8. The van der Waals surface area contributed by atoms with E-state index in [0.29, 0.717) is 24.2 Å². The summed E-state index contributed by atoms with van der Waals surface area (Å²) in [5, 5.41) is 12.7. The van der Waals surface area contributed by atoms with E-state index >= 15 is 0 Å². The van der Waals surface area contributed by atoms with E-state index in [9.17, 15) is 14.9 Å². The number of nitro groups is 1. The topological polar surface area (TPSA) is 89.5 Å². The van der Waals surface area contributed by atoms with Crippen molar-refractivity contribution in [2.45, 2.75) is 13.1 Å². The molecule has 1 aromatic heterocycles. The molecule has 0 unspecified atom stereocenters. The Morgan fingerprint density at radius 1 is 1.38 bits per heavy atom. The minimum Gasteiger partial charge on any atom is -0.366 e. The van der Waals surface area contributed by atoms with Crippen molar-refractivity contribution in [3.8, 4) is 0 Å². The van der Waals surface area contributed by atoms with Crippen molar-refractivity contribution >= 4 is 22.9 Å². The lowest BCUT2D eigenvalue weighted by atomic mass is 10.1. The maximum atomic E-state index is 11.1. The zero-order valence-corrected chi connectivity index (χ0v) is 12.3. The standard InChI is InChI=1S/C14H15N3O3S/c1-16(8-12-6-11(9-21-12)14(15)18)7-10-4-2-3-5-13(10)17(19)20/h2-6,9H,7-8H2,1H3,(H2,15,18). The summed E-state index contributed by atoms with van der Waals surface area (Å²) in [4.78, 5) is 24.6. The molecule has 2 rings (SSSR count). The number of nitro benzene ring substituents is 1. The van der Waals surface area contributed by atoms with Gasteiger partial charge in [-0.1, -0.05) is 18.2 Å². The molecule has 0 aliphatic heterocycles. The number of carbonyl (C=O) groups excluding carboxylic acids is 1. The third kappa shape index (κ3) is 3.87. The van der Waals surface area contributed by atoms with Gasteiger partial charge in [0.2, 0.25) is 5.91 Å². The van der Waals surface area contributed by atoms with Gasteiger partial charge in [-0.15, -0.1) is 11.3 Å². The highest BCUT2D eigenvalue weighted by Gasteiger charge is 2.14. The molecule has 0 fully saturated rings. The van der Waals surface area contributed by atoms with Crippen molar-refractivity contribution in [2.24, 2.45) is 5.73 Å². The van der Waals surface area contributed by atoms with Crippen molar-refractivity contribution in [3.63, 3.8) is 0 Å². The minimum absolute atomic E-state index is 0.119. The van der Waals surface area contributed by atoms with Gasteiger partial charge in [0.1, 0.15) is 0 Å². The average Bonchev–Trinajstić information content (AvgIpc) is 2.87. The second-order valence-corrected chi connectivity index (χ2v) is 5.72. The molecule has 110 valence electrons. The number of nitrogens with two attached hydrogens (primary N) is 1. The highest BCUT2D eigenvalue weighted by molar-refractivity contribution is 7.10. The molecule has 0 saturated carbocycles. The van der Waals surface area contributed by atoms with Crippen LogP contribution in [0.5, 0.6) is 0 Å². The zero-order chi connectivity index (χ0) is 15.4. The molecule has 0 aliphatic rings. The first kappa shape index (κ1) is 15.1. The van der Waals surface area contributed by atoms with Gasteiger partial charge in [-0.3, -0.25) is 19.8 Å². The summed E-state index contributed by atoms with van der Waals surface area (Å²) in [6.45, 7) is 1.06. The largest absolute Gasteiger partial charge is 0.366 e. The molecule has 2 aromatic rings. The lowest BCUT2D eigenvalue weighted by molar-refractivity contribution is -0.385. The van der Waals surface area contributed by atoms with Crippen molar-refractivity contribution < 1.29 is 9.72 Å². The van der Waals surface area contributed by atoms with Crippen LogP contribution in [0.2, 0.25) is 0 Å². The summed E-state index contributed by atoms with van der Waals surface area (Å²) >= 11 is 1.45. The van der Waals surface area contributed by atoms with E-state index in [1.807, 2.05) is 11.9 Å². The highest BCUT2D eigenvalue weighted by atomic mass is 32.1. The number of nitrogens with zero attached hydrogens (tertiary/aromatic N) is 2. The molecule has 2 N–H and O–H groups in total. The van der Waals surface area contributed by atoms with E-state index in [1.54, 1.807) is 29.6 Å². The Morgan fingerprint density at radius 2 is 2.10 bits per heavy atom. The number of hydrogen-bond donors (Lipinski definition) is 1. The predicted molar refractivity (Wildman–Crippen MR) is 81.1 cm³/mol. The number of hydrogen-bond acceptors (Lipinski definition) is 5. The zero-order valence-electron chi connectivity index (χ0n) is 11.5. The first-order chi connectivity index (χ1) is 9.97. The fourth-order valence-corrected chi connectivity index (χ4v) is 2.98. The maximum Gasteiger partial charge on any atom is 0.273 e. The van der Waals surface area contributed by atoms with E-state index in [-0.39, 0.29) is 10.6 Å². The molecule has 7 heteroatoms. The van der Waals surface area contributed by atoms with Gasteiger partial charge in [-0.2, -0.15) is 0 Å². The van der Waals surface area contributed by atoms with Crippen molar-refractivity contribution in [1.82, 2.24) is 4.90 Å². The van der Waals surface area contributed by atoms with E-state index in [1.165, 1.54) is 17.4 Å². The van der Waals surface area contributed by atoms with Gasteiger partial charge < -0.3 is 5.73 Å². The minimum atomic E-state index is -0.446. The van der Waals surface area contributed by atoms with E-state index in [2.05, 4.69) is 0 Å². The summed E-state index contributed by atoms with van der Waals surface area (Å²) in [6, 6.07) is 8.44. The first-order valence-electron chi connectivity index (χ1n) is 6.25. The first-order valence-corrected chi connectivity index (χ1v) is 7.13. The maximum absolute atomic E-state index is 11.1. The third-order valence-electron chi connectivity index (χ3n) is 2.99. The van der Waals surface area contributed by atoms with Crippen molar-refractivity contribution in [2.75, 3.05) is 7.05 Å². The molecule has 0 aliphatic carbocycles. The Bertz CT molecular complexity index is 669. The fourth-order valence-electron chi connectivity index (χ4n) is 2.03. The molecule has 6 nitrogen and oxygen atoms in total. The van der Waals surface area contributed by atoms with E-state index in [0.717, 1.165) is 4.88 Å². The van der Waals surface area contributed by atoms with Crippen LogP contribution in [0.3, 0.4) is 0 Å². The third-order valence-corrected chi connectivity index (χ3v) is 3.91. The molecule has 1 amide bonds. The lowest BCUT2D eigenvalue weighted by Gasteiger charge is -2.15. The number of para-hydroxylation sites is 1. The second-order valence-electron chi connectivity index (χ2n) is 4.72. The monoisotopic (exact) mass is 305 g/mol. The number of benzene rings is 1. The molecule has 0 bridgehead atoms. The number of carbonyl (C=O) groups is 1. The SMILES string of the molecule is CN(Cc1cc(C(N)=O)cs1)Cc1ccccc1[N+](=O)[O-]. The Hall–Kier alpha value is -2.25. The summed E-state index contributed by atoms with van der Waals surface area (Å²) < 4.78 is 0. The van der Waals surface area contributed by atoms with Gasteiger partial charge in [0.15, 0.2) is 0 Å². The van der Waals surface area contributed by atoms with Crippen molar-refractivity contribution in [1.29, 1.82) is 0 Å². The van der Waals surface area contributed by atoms with Gasteiger partial charge in [0, 0.05) is 35.0 Å². The van der Waals surface area contributed by atoms with Crippen LogP contribution >= 0.6 is 11.3 Å². The Kier molecular flexibility index (Phi) is 4.66. The summed E-state index contributed by atoms with van der Waals surface area (Å²) in [6.07, 6.45) is 0. The highest BCUT2D eigenvalue weighted by Crippen LogP contribution is 2.21. The fraction of sp³-hybridized carbons (Fsp3) is 0.214. The number of rotatable bonds is 6. The van der Waals surface area contributed by atoms with Gasteiger partial charge in [0.25, 0.3) is 5.69 Å². The number of amides is 1. The molecule has 0 saturated heterocycles.